The van der Waals surface area contributed by atoms with E-state index in [0.29, 0.717) is 37.4 Å². The van der Waals surface area contributed by atoms with Gasteiger partial charge in [-0.25, -0.2) is 8.42 Å². The maximum atomic E-state index is 12.3. The van der Waals surface area contributed by atoms with Gasteiger partial charge in [0, 0.05) is 41.9 Å². The van der Waals surface area contributed by atoms with Crippen molar-refractivity contribution in [1.29, 1.82) is 0 Å². The molecule has 0 spiro atoms. The Morgan fingerprint density at radius 1 is 1.20 bits per heavy atom. The van der Waals surface area contributed by atoms with Crippen molar-refractivity contribution < 1.29 is 13.2 Å². The van der Waals surface area contributed by atoms with Gasteiger partial charge in [-0.1, -0.05) is 15.9 Å². The molecular weight excluding hydrogens is 346 g/mol. The van der Waals surface area contributed by atoms with Crippen LogP contribution in [0.15, 0.2) is 22.7 Å². The molecule has 1 aliphatic heterocycles. The molecule has 6 nitrogen and oxygen atoms in total. The molecule has 0 radical (unpaired) electrons. The second kappa shape index (κ2) is 5.71. The fourth-order valence-corrected chi connectivity index (χ4v) is 3.48. The van der Waals surface area contributed by atoms with Crippen LogP contribution in [0.2, 0.25) is 0 Å². The van der Waals surface area contributed by atoms with Crippen LogP contribution in [0.3, 0.4) is 0 Å². The first kappa shape index (κ1) is 15.3. The number of piperazine rings is 1. The van der Waals surface area contributed by atoms with E-state index < -0.39 is 10.0 Å². The van der Waals surface area contributed by atoms with E-state index in [-0.39, 0.29) is 5.91 Å². The second-order valence-corrected chi connectivity index (χ2v) is 7.63. The van der Waals surface area contributed by atoms with Crippen molar-refractivity contribution in [1.82, 2.24) is 9.21 Å². The number of carbonyl (C=O) groups is 1. The molecule has 8 heteroatoms. The Morgan fingerprint density at radius 2 is 1.80 bits per heavy atom. The molecule has 0 aromatic heterocycles. The monoisotopic (exact) mass is 361 g/mol. The zero-order valence-electron chi connectivity index (χ0n) is 11.0. The first-order chi connectivity index (χ1) is 9.27. The van der Waals surface area contributed by atoms with E-state index in [1.165, 1.54) is 10.6 Å². The third-order valence-corrected chi connectivity index (χ3v) is 4.92. The SMILES string of the molecule is CS(=O)(=O)N1CCN(C(=O)c2cc(N)cc(Br)c2)CC1. The maximum absolute atomic E-state index is 12.3. The molecule has 0 aliphatic carbocycles. The molecule has 0 unspecified atom stereocenters. The number of amides is 1. The Morgan fingerprint density at radius 3 is 2.30 bits per heavy atom. The Bertz CT molecular complexity index is 605. The van der Waals surface area contributed by atoms with Crippen molar-refractivity contribution in [3.63, 3.8) is 0 Å². The average molecular weight is 362 g/mol. The quantitative estimate of drug-likeness (QED) is 0.787. The molecule has 0 saturated carbocycles. The summed E-state index contributed by atoms with van der Waals surface area (Å²) in [6, 6.07) is 5.05. The number of nitrogens with two attached hydrogens (primary N) is 1. The number of sulfonamides is 1. The first-order valence-electron chi connectivity index (χ1n) is 6.08. The topological polar surface area (TPSA) is 83.7 Å². The molecule has 1 heterocycles. The summed E-state index contributed by atoms with van der Waals surface area (Å²) in [5, 5.41) is 0. The molecule has 110 valence electrons. The highest BCUT2D eigenvalue weighted by atomic mass is 79.9. The highest BCUT2D eigenvalue weighted by Gasteiger charge is 2.26. The van der Waals surface area contributed by atoms with Crippen LogP contribution in [0.5, 0.6) is 0 Å². The molecule has 0 bridgehead atoms. The molecule has 1 aromatic rings. The lowest BCUT2D eigenvalue weighted by Crippen LogP contribution is -2.50. The fourth-order valence-electron chi connectivity index (χ4n) is 2.14. The van der Waals surface area contributed by atoms with Gasteiger partial charge in [0.1, 0.15) is 0 Å². The van der Waals surface area contributed by atoms with Gasteiger partial charge in [0.15, 0.2) is 0 Å². The lowest BCUT2D eigenvalue weighted by atomic mass is 10.1. The fraction of sp³-hybridized carbons (Fsp3) is 0.417. The molecule has 2 rings (SSSR count). The Labute approximate surface area is 126 Å². The van der Waals surface area contributed by atoms with Crippen LogP contribution in [0.25, 0.3) is 0 Å². The van der Waals surface area contributed by atoms with Crippen LogP contribution in [-0.2, 0) is 10.0 Å². The number of halogens is 1. The van der Waals surface area contributed by atoms with Crippen molar-refractivity contribution in [2.24, 2.45) is 0 Å². The molecule has 1 fully saturated rings. The zero-order valence-corrected chi connectivity index (χ0v) is 13.4. The third-order valence-electron chi connectivity index (χ3n) is 3.16. The molecule has 0 atom stereocenters. The largest absolute Gasteiger partial charge is 0.399 e. The number of rotatable bonds is 2. The Kier molecular flexibility index (Phi) is 4.36. The summed E-state index contributed by atoms with van der Waals surface area (Å²) >= 11 is 3.30. The molecule has 1 saturated heterocycles. The summed E-state index contributed by atoms with van der Waals surface area (Å²) in [7, 11) is -3.19. The van der Waals surface area contributed by atoms with Crippen LogP contribution < -0.4 is 5.73 Å². The van der Waals surface area contributed by atoms with Gasteiger partial charge in [0.25, 0.3) is 5.91 Å². The standard InChI is InChI=1S/C12H16BrN3O3S/c1-20(18,19)16-4-2-15(3-5-16)12(17)9-6-10(13)8-11(14)7-9/h6-8H,2-5,14H2,1H3. The first-order valence-corrected chi connectivity index (χ1v) is 8.72. The van der Waals surface area contributed by atoms with Crippen LogP contribution in [0.1, 0.15) is 10.4 Å². The summed E-state index contributed by atoms with van der Waals surface area (Å²) in [5.41, 5.74) is 6.73. The van der Waals surface area contributed by atoms with Crippen molar-refractivity contribution in [2.75, 3.05) is 38.2 Å². The van der Waals surface area contributed by atoms with E-state index in [1.54, 1.807) is 23.1 Å². The minimum absolute atomic E-state index is 0.133. The Balaban J connectivity index is 2.09. The van der Waals surface area contributed by atoms with Gasteiger partial charge in [-0.05, 0) is 18.2 Å². The number of benzene rings is 1. The second-order valence-electron chi connectivity index (χ2n) is 4.73. The smallest absolute Gasteiger partial charge is 0.254 e. The summed E-state index contributed by atoms with van der Waals surface area (Å²) in [5.74, 6) is -0.133. The summed E-state index contributed by atoms with van der Waals surface area (Å²) < 4.78 is 25.0. The van der Waals surface area contributed by atoms with Crippen molar-refractivity contribution in [3.05, 3.63) is 28.2 Å². The lowest BCUT2D eigenvalue weighted by molar-refractivity contribution is 0.0698. The van der Waals surface area contributed by atoms with Gasteiger partial charge in [0.2, 0.25) is 10.0 Å². The number of hydrogen-bond acceptors (Lipinski definition) is 4. The van der Waals surface area contributed by atoms with Crippen molar-refractivity contribution in [2.45, 2.75) is 0 Å². The molecule has 1 amide bonds. The summed E-state index contributed by atoms with van der Waals surface area (Å²) in [4.78, 5) is 14.0. The predicted molar refractivity (Wildman–Crippen MR) is 80.9 cm³/mol. The van der Waals surface area contributed by atoms with Crippen LogP contribution in [-0.4, -0.2) is 56.0 Å². The van der Waals surface area contributed by atoms with E-state index in [2.05, 4.69) is 15.9 Å². The van der Waals surface area contributed by atoms with Crippen LogP contribution in [0, 0.1) is 0 Å². The minimum atomic E-state index is -3.19. The van der Waals surface area contributed by atoms with Gasteiger partial charge in [-0.3, -0.25) is 4.79 Å². The van der Waals surface area contributed by atoms with Gasteiger partial charge in [0.05, 0.1) is 6.26 Å². The molecule has 2 N–H and O–H groups in total. The molecular formula is C12H16BrN3O3S. The van der Waals surface area contributed by atoms with E-state index in [0.717, 1.165) is 4.47 Å². The van der Waals surface area contributed by atoms with Gasteiger partial charge in [-0.15, -0.1) is 0 Å². The number of nitrogens with zero attached hydrogens (tertiary/aromatic N) is 2. The number of carbonyl (C=O) groups excluding carboxylic acids is 1. The maximum Gasteiger partial charge on any atom is 0.254 e. The van der Waals surface area contributed by atoms with Gasteiger partial charge < -0.3 is 10.6 Å². The van der Waals surface area contributed by atoms with Crippen LogP contribution in [0.4, 0.5) is 5.69 Å². The number of nitrogen functional groups attached to an aromatic ring is 1. The average Bonchev–Trinajstić information content (AvgIpc) is 2.36. The summed E-state index contributed by atoms with van der Waals surface area (Å²) in [6.45, 7) is 1.43. The van der Waals surface area contributed by atoms with E-state index in [4.69, 9.17) is 5.73 Å². The molecule has 20 heavy (non-hydrogen) atoms. The van der Waals surface area contributed by atoms with E-state index in [9.17, 15) is 13.2 Å². The highest BCUT2D eigenvalue weighted by Crippen LogP contribution is 2.19. The zero-order chi connectivity index (χ0) is 14.9. The lowest BCUT2D eigenvalue weighted by Gasteiger charge is -2.33. The molecule has 1 aliphatic rings. The number of hydrogen-bond donors (Lipinski definition) is 1. The number of anilines is 1. The minimum Gasteiger partial charge on any atom is -0.399 e. The normalized spacial score (nSPS) is 17.2. The predicted octanol–water partition coefficient (Wildman–Crippen LogP) is 0.749. The summed E-state index contributed by atoms with van der Waals surface area (Å²) in [6.07, 6.45) is 1.18. The van der Waals surface area contributed by atoms with Crippen LogP contribution >= 0.6 is 15.9 Å². The Hall–Kier alpha value is -1.12. The third kappa shape index (κ3) is 3.50. The van der Waals surface area contributed by atoms with Gasteiger partial charge in [-0.2, -0.15) is 4.31 Å². The van der Waals surface area contributed by atoms with E-state index in [1.807, 2.05) is 0 Å². The highest BCUT2D eigenvalue weighted by molar-refractivity contribution is 9.10. The van der Waals surface area contributed by atoms with Crippen molar-refractivity contribution >= 4 is 37.5 Å². The van der Waals surface area contributed by atoms with Crippen molar-refractivity contribution in [3.8, 4) is 0 Å². The van der Waals surface area contributed by atoms with E-state index >= 15 is 0 Å². The van der Waals surface area contributed by atoms with Gasteiger partial charge >= 0.3 is 0 Å². The molecule has 1 aromatic carbocycles.